The molecule has 1 aliphatic heterocycles. The monoisotopic (exact) mass is 493 g/mol. The number of carbonyl (C=O) groups is 1. The molecule has 1 atom stereocenters. The Morgan fingerprint density at radius 2 is 1.66 bits per heavy atom. The second-order valence-electron chi connectivity index (χ2n) is 9.76. The maximum atomic E-state index is 12.2. The van der Waals surface area contributed by atoms with Crippen molar-refractivity contribution in [3.8, 4) is 0 Å². The Morgan fingerprint density at radius 3 is 2.26 bits per heavy atom. The van der Waals surface area contributed by atoms with Gasteiger partial charge in [-0.25, -0.2) is 0 Å². The third kappa shape index (κ3) is 11.3. The molecule has 1 unspecified atom stereocenters. The van der Waals surface area contributed by atoms with Gasteiger partial charge in [-0.15, -0.1) is 0 Å². The van der Waals surface area contributed by atoms with E-state index in [-0.39, 0.29) is 36.6 Å². The second kappa shape index (κ2) is 17.2. The predicted molar refractivity (Wildman–Crippen MR) is 142 cm³/mol. The smallest absolute Gasteiger partial charge is 0.305 e. The van der Waals surface area contributed by atoms with Crippen LogP contribution in [0.2, 0.25) is 0 Å². The lowest BCUT2D eigenvalue weighted by Gasteiger charge is -2.23. The normalized spacial score (nSPS) is 13.5. The summed E-state index contributed by atoms with van der Waals surface area (Å²) < 4.78 is 5.50. The first-order chi connectivity index (χ1) is 17.0. The topological polar surface area (TPSA) is 134 Å². The summed E-state index contributed by atoms with van der Waals surface area (Å²) in [4.78, 5) is 32.8. The lowest BCUT2D eigenvalue weighted by molar-refractivity contribution is -0.145. The first-order valence-electron chi connectivity index (χ1n) is 13.7. The average molecular weight is 494 g/mol. The highest BCUT2D eigenvalue weighted by atomic mass is 16.5. The van der Waals surface area contributed by atoms with Gasteiger partial charge in [0.25, 0.3) is 5.56 Å². The lowest BCUT2D eigenvalue weighted by Crippen LogP contribution is -2.33. The van der Waals surface area contributed by atoms with Crippen molar-refractivity contribution in [2.24, 2.45) is 5.92 Å². The zero-order chi connectivity index (χ0) is 25.3. The van der Waals surface area contributed by atoms with E-state index >= 15 is 0 Å². The van der Waals surface area contributed by atoms with Gasteiger partial charge in [0.1, 0.15) is 5.69 Å². The van der Waals surface area contributed by atoms with E-state index in [1.54, 1.807) is 0 Å². The van der Waals surface area contributed by atoms with Gasteiger partial charge >= 0.3 is 5.97 Å². The number of nitrogens with two attached hydrogens (primary N) is 1. The number of hydrogen-bond donors (Lipinski definition) is 4. The molecule has 0 saturated carbocycles. The lowest BCUT2D eigenvalue weighted by atomic mass is 10.0. The average Bonchev–Trinajstić information content (AvgIpc) is 3.23. The van der Waals surface area contributed by atoms with Crippen LogP contribution in [-0.4, -0.2) is 47.5 Å². The Kier molecular flexibility index (Phi) is 14.2. The molecule has 5 N–H and O–H groups in total. The number of esters is 1. The van der Waals surface area contributed by atoms with Crippen LogP contribution in [-0.2, 0) is 9.53 Å². The van der Waals surface area contributed by atoms with Crippen LogP contribution >= 0.6 is 0 Å². The number of aromatic nitrogens is 2. The Bertz CT molecular complexity index is 785. The summed E-state index contributed by atoms with van der Waals surface area (Å²) in [5.41, 5.74) is 5.76. The van der Waals surface area contributed by atoms with E-state index in [1.807, 2.05) is 4.90 Å². The molecule has 1 aromatic heterocycles. The summed E-state index contributed by atoms with van der Waals surface area (Å²) in [6.45, 7) is 3.42. The van der Waals surface area contributed by atoms with Gasteiger partial charge in [0.05, 0.1) is 13.3 Å². The SMILES string of the molecule is CCCCCCCCCCCCCCCC(=O)OCC(CCO)CN1CNc2c1nc(N)[nH]c2=O. The molecule has 1 aromatic rings. The molecule has 2 rings (SSSR count). The van der Waals surface area contributed by atoms with Crippen LogP contribution in [0.5, 0.6) is 0 Å². The van der Waals surface area contributed by atoms with Gasteiger partial charge in [-0.2, -0.15) is 4.98 Å². The number of fused-ring (bicyclic) bond motifs is 1. The predicted octanol–water partition coefficient (Wildman–Crippen LogP) is 4.56. The van der Waals surface area contributed by atoms with Gasteiger partial charge in [-0.1, -0.05) is 84.0 Å². The third-order valence-corrected chi connectivity index (χ3v) is 6.65. The van der Waals surface area contributed by atoms with E-state index in [0.29, 0.717) is 37.6 Å². The largest absolute Gasteiger partial charge is 0.465 e. The fraction of sp³-hybridized carbons (Fsp3) is 0.808. The minimum Gasteiger partial charge on any atom is -0.465 e. The number of aliphatic hydroxyl groups is 1. The third-order valence-electron chi connectivity index (χ3n) is 6.65. The van der Waals surface area contributed by atoms with Crippen LogP contribution < -0.4 is 21.5 Å². The van der Waals surface area contributed by atoms with Crippen molar-refractivity contribution in [1.29, 1.82) is 0 Å². The molecule has 0 aromatic carbocycles. The number of hydrogen-bond acceptors (Lipinski definition) is 8. The second-order valence-corrected chi connectivity index (χ2v) is 9.76. The van der Waals surface area contributed by atoms with Crippen molar-refractivity contribution >= 4 is 23.4 Å². The molecule has 0 bridgehead atoms. The standard InChI is InChI=1S/C26H47N5O4/c1-2-3-4-5-6-7-8-9-10-11-12-13-14-15-22(33)35-19-21(16-17-32)18-31-20-28-23-24(31)29-26(27)30-25(23)34/h21,28,32H,2-20H2,1H3,(H3,27,29,30,34). The molecule has 0 spiro atoms. The number of carbonyl (C=O) groups excluding carboxylic acids is 1. The van der Waals surface area contributed by atoms with Crippen LogP contribution in [0.4, 0.5) is 17.5 Å². The van der Waals surface area contributed by atoms with E-state index < -0.39 is 0 Å². The first-order valence-corrected chi connectivity index (χ1v) is 13.7. The Labute approximate surface area is 210 Å². The number of ether oxygens (including phenoxy) is 1. The maximum Gasteiger partial charge on any atom is 0.305 e. The van der Waals surface area contributed by atoms with Crippen molar-refractivity contribution in [3.63, 3.8) is 0 Å². The van der Waals surface area contributed by atoms with Crippen molar-refractivity contribution in [2.45, 2.75) is 103 Å². The van der Waals surface area contributed by atoms with E-state index in [0.717, 1.165) is 12.8 Å². The van der Waals surface area contributed by atoms with Crippen molar-refractivity contribution in [3.05, 3.63) is 10.4 Å². The minimum atomic E-state index is -0.307. The van der Waals surface area contributed by atoms with Crippen molar-refractivity contribution in [1.82, 2.24) is 9.97 Å². The molecule has 0 amide bonds. The Morgan fingerprint density at radius 1 is 1.06 bits per heavy atom. The van der Waals surface area contributed by atoms with Crippen LogP contribution in [0.3, 0.4) is 0 Å². The van der Waals surface area contributed by atoms with Gasteiger partial charge in [0.15, 0.2) is 5.82 Å². The summed E-state index contributed by atoms with van der Waals surface area (Å²) in [7, 11) is 0. The fourth-order valence-electron chi connectivity index (χ4n) is 4.56. The quantitative estimate of drug-likeness (QED) is 0.153. The van der Waals surface area contributed by atoms with Gasteiger partial charge in [0.2, 0.25) is 5.95 Å². The number of aliphatic hydroxyl groups excluding tert-OH is 1. The highest BCUT2D eigenvalue weighted by Crippen LogP contribution is 2.27. The first kappa shape index (κ1) is 28.9. The molecule has 9 nitrogen and oxygen atoms in total. The molecule has 2 heterocycles. The summed E-state index contributed by atoms with van der Waals surface area (Å²) in [6.07, 6.45) is 17.5. The summed E-state index contributed by atoms with van der Waals surface area (Å²) in [5, 5.41) is 12.4. The highest BCUT2D eigenvalue weighted by molar-refractivity contribution is 5.71. The molecule has 200 valence electrons. The van der Waals surface area contributed by atoms with E-state index in [1.165, 1.54) is 70.6 Å². The van der Waals surface area contributed by atoms with Gasteiger partial charge in [0, 0.05) is 25.5 Å². The van der Waals surface area contributed by atoms with Gasteiger partial charge in [-0.3, -0.25) is 14.6 Å². The molecule has 0 saturated heterocycles. The van der Waals surface area contributed by atoms with Crippen LogP contribution in [0.1, 0.15) is 103 Å². The molecule has 0 aliphatic carbocycles. The molecule has 0 fully saturated rings. The molecular formula is C26H47N5O4. The summed E-state index contributed by atoms with van der Waals surface area (Å²) in [5.74, 6) is 0.304. The summed E-state index contributed by atoms with van der Waals surface area (Å²) >= 11 is 0. The van der Waals surface area contributed by atoms with Crippen molar-refractivity contribution in [2.75, 3.05) is 42.4 Å². The highest BCUT2D eigenvalue weighted by Gasteiger charge is 2.26. The number of unbranched alkanes of at least 4 members (excludes halogenated alkanes) is 12. The van der Waals surface area contributed by atoms with Crippen LogP contribution in [0, 0.1) is 5.92 Å². The van der Waals surface area contributed by atoms with Crippen molar-refractivity contribution < 1.29 is 14.6 Å². The van der Waals surface area contributed by atoms with Gasteiger partial charge in [-0.05, 0) is 12.8 Å². The number of nitrogen functional groups attached to an aromatic ring is 1. The maximum absolute atomic E-state index is 12.2. The molecule has 1 aliphatic rings. The molecule has 9 heteroatoms. The number of aromatic amines is 1. The Hall–Kier alpha value is -2.29. The summed E-state index contributed by atoms with van der Waals surface area (Å²) in [6, 6.07) is 0. The van der Waals surface area contributed by atoms with E-state index in [9.17, 15) is 14.7 Å². The fourth-order valence-corrected chi connectivity index (χ4v) is 4.56. The van der Waals surface area contributed by atoms with Crippen LogP contribution in [0.15, 0.2) is 4.79 Å². The molecule has 35 heavy (non-hydrogen) atoms. The van der Waals surface area contributed by atoms with E-state index in [4.69, 9.17) is 10.5 Å². The Balaban J connectivity index is 1.54. The van der Waals surface area contributed by atoms with Gasteiger partial charge < -0.3 is 25.8 Å². The number of H-pyrrole nitrogens is 1. The number of nitrogens with one attached hydrogen (secondary N) is 2. The van der Waals surface area contributed by atoms with Crippen LogP contribution in [0.25, 0.3) is 0 Å². The molecule has 0 radical (unpaired) electrons. The zero-order valence-electron chi connectivity index (χ0n) is 21.7. The number of anilines is 3. The number of nitrogens with zero attached hydrogens (tertiary/aromatic N) is 2. The minimum absolute atomic E-state index is 0.000139. The molecular weight excluding hydrogens is 446 g/mol. The van der Waals surface area contributed by atoms with E-state index in [2.05, 4.69) is 22.2 Å². The zero-order valence-corrected chi connectivity index (χ0v) is 21.7. The number of rotatable bonds is 20.